The molecule has 0 bridgehead atoms. The molecule has 0 aliphatic heterocycles. The van der Waals surface area contributed by atoms with Gasteiger partial charge in [-0.1, -0.05) is 11.6 Å². The predicted molar refractivity (Wildman–Crippen MR) is 79.8 cm³/mol. The summed E-state index contributed by atoms with van der Waals surface area (Å²) in [6, 6.07) is 9.61. The summed E-state index contributed by atoms with van der Waals surface area (Å²) in [5, 5.41) is 0.630. The van der Waals surface area contributed by atoms with Crippen molar-refractivity contribution in [3.05, 3.63) is 69.5 Å². The van der Waals surface area contributed by atoms with E-state index in [0.29, 0.717) is 16.4 Å². The number of nitrogens with zero attached hydrogens (tertiary/aromatic N) is 2. The van der Waals surface area contributed by atoms with Gasteiger partial charge in [0.2, 0.25) is 12.9 Å². The summed E-state index contributed by atoms with van der Waals surface area (Å²) in [7, 11) is 0. The molecule has 7 heteroatoms. The summed E-state index contributed by atoms with van der Waals surface area (Å²) in [5.41, 5.74) is 1.59. The Labute approximate surface area is 129 Å². The van der Waals surface area contributed by atoms with Crippen LogP contribution in [0.15, 0.2) is 47.4 Å². The molecule has 0 fully saturated rings. The van der Waals surface area contributed by atoms with Crippen LogP contribution in [0, 0.1) is 12.9 Å². The minimum Gasteiger partial charge on any atom is -0.279 e. The fraction of sp³-hybridized carbons (Fsp3) is 0.133. The highest BCUT2D eigenvalue weighted by Gasteiger charge is 2.10. The van der Waals surface area contributed by atoms with Gasteiger partial charge < -0.3 is 0 Å². The van der Waals surface area contributed by atoms with E-state index in [2.05, 4.69) is 0 Å². The van der Waals surface area contributed by atoms with Crippen molar-refractivity contribution >= 4 is 17.2 Å². The standard InChI is InChI=1S/C14H10ClFN2O.CH2F2/c1-9-7-10(4-5-11(9)15)18-13-3-2-6-17(13)12(16)8-14(18)19;2-1-3/h2-8H,1H3;1H2. The smallest absolute Gasteiger partial charge is 0.261 e. The van der Waals surface area contributed by atoms with Gasteiger partial charge in [0.1, 0.15) is 5.65 Å². The minimum absolute atomic E-state index is 0.412. The Bertz CT molecular complexity index is 858. The van der Waals surface area contributed by atoms with Crippen LogP contribution in [0.5, 0.6) is 0 Å². The second-order valence-corrected chi connectivity index (χ2v) is 4.82. The van der Waals surface area contributed by atoms with Crippen molar-refractivity contribution in [3.8, 4) is 5.69 Å². The van der Waals surface area contributed by atoms with E-state index in [0.717, 1.165) is 11.6 Å². The molecule has 2 aromatic heterocycles. The number of alkyl halides is 2. The molecule has 0 saturated carbocycles. The third-order valence-electron chi connectivity index (χ3n) is 3.05. The van der Waals surface area contributed by atoms with E-state index in [9.17, 15) is 18.0 Å². The fourth-order valence-corrected chi connectivity index (χ4v) is 2.23. The van der Waals surface area contributed by atoms with Gasteiger partial charge in [-0.25, -0.2) is 8.78 Å². The molecule has 3 rings (SSSR count). The van der Waals surface area contributed by atoms with E-state index in [-0.39, 0.29) is 0 Å². The lowest BCUT2D eigenvalue weighted by Crippen LogP contribution is -2.21. The van der Waals surface area contributed by atoms with Crippen LogP contribution in [0.3, 0.4) is 0 Å². The summed E-state index contributed by atoms with van der Waals surface area (Å²) in [5.74, 6) is -0.577. The second-order valence-electron chi connectivity index (χ2n) is 4.41. The molecule has 0 radical (unpaired) electrons. The number of aryl methyl sites for hydroxylation is 1. The molecule has 0 atom stereocenters. The van der Waals surface area contributed by atoms with Gasteiger partial charge in [-0.15, -0.1) is 0 Å². The predicted octanol–water partition coefficient (Wildman–Crippen LogP) is 4.07. The van der Waals surface area contributed by atoms with Gasteiger partial charge in [0.15, 0.2) is 0 Å². The molecule has 0 saturated heterocycles. The Morgan fingerprint density at radius 2 is 1.86 bits per heavy atom. The number of rotatable bonds is 1. The third kappa shape index (κ3) is 3.01. The minimum atomic E-state index is -1.75. The first-order chi connectivity index (χ1) is 10.5. The van der Waals surface area contributed by atoms with Crippen molar-refractivity contribution in [1.29, 1.82) is 0 Å². The van der Waals surface area contributed by atoms with Gasteiger partial charge in [0.05, 0.1) is 11.8 Å². The lowest BCUT2D eigenvalue weighted by Gasteiger charge is -2.10. The van der Waals surface area contributed by atoms with Crippen molar-refractivity contribution < 1.29 is 13.2 Å². The topological polar surface area (TPSA) is 26.4 Å². The number of hydrogen-bond donors (Lipinski definition) is 0. The molecule has 2 heterocycles. The van der Waals surface area contributed by atoms with Crippen molar-refractivity contribution in [2.75, 3.05) is 6.93 Å². The van der Waals surface area contributed by atoms with Gasteiger partial charge in [-0.2, -0.15) is 4.39 Å². The van der Waals surface area contributed by atoms with Crippen LogP contribution in [-0.2, 0) is 0 Å². The second kappa shape index (κ2) is 6.70. The average Bonchev–Trinajstić information content (AvgIpc) is 2.93. The van der Waals surface area contributed by atoms with Gasteiger partial charge in [-0.05, 0) is 42.8 Å². The zero-order valence-electron chi connectivity index (χ0n) is 11.6. The van der Waals surface area contributed by atoms with Crippen molar-refractivity contribution in [2.24, 2.45) is 0 Å². The molecule has 0 spiro atoms. The molecule has 116 valence electrons. The summed E-state index contributed by atoms with van der Waals surface area (Å²) in [4.78, 5) is 12.0. The van der Waals surface area contributed by atoms with E-state index < -0.39 is 18.4 Å². The van der Waals surface area contributed by atoms with Crippen LogP contribution in [0.4, 0.5) is 13.2 Å². The molecule has 0 N–H and O–H groups in total. The van der Waals surface area contributed by atoms with Crippen LogP contribution in [0.25, 0.3) is 11.3 Å². The van der Waals surface area contributed by atoms with Gasteiger partial charge in [0, 0.05) is 11.2 Å². The SMILES string of the molecule is Cc1cc(-n2c(=O)cc(F)n3cccc23)ccc1Cl.FCF. The first kappa shape index (κ1) is 16.2. The molecule has 0 unspecified atom stereocenters. The van der Waals surface area contributed by atoms with Crippen LogP contribution in [-0.4, -0.2) is 15.9 Å². The highest BCUT2D eigenvalue weighted by Crippen LogP contribution is 2.19. The van der Waals surface area contributed by atoms with Gasteiger partial charge >= 0.3 is 0 Å². The Morgan fingerprint density at radius 1 is 1.18 bits per heavy atom. The molecule has 1 aromatic carbocycles. The molecular weight excluding hydrogens is 317 g/mol. The first-order valence-corrected chi connectivity index (χ1v) is 6.64. The van der Waals surface area contributed by atoms with Gasteiger partial charge in [-0.3, -0.25) is 13.8 Å². The van der Waals surface area contributed by atoms with E-state index >= 15 is 0 Å². The Balaban J connectivity index is 0.000000545. The van der Waals surface area contributed by atoms with Crippen LogP contribution < -0.4 is 5.56 Å². The fourth-order valence-electron chi connectivity index (χ4n) is 2.11. The molecule has 3 nitrogen and oxygen atoms in total. The largest absolute Gasteiger partial charge is 0.279 e. The van der Waals surface area contributed by atoms with E-state index in [4.69, 9.17) is 11.6 Å². The van der Waals surface area contributed by atoms with Crippen LogP contribution >= 0.6 is 11.6 Å². The summed E-state index contributed by atoms with van der Waals surface area (Å²) in [6.45, 7) is 0.107. The molecule has 22 heavy (non-hydrogen) atoms. The quantitative estimate of drug-likeness (QED) is 0.618. The lowest BCUT2D eigenvalue weighted by molar-refractivity contribution is 0.295. The third-order valence-corrected chi connectivity index (χ3v) is 3.47. The summed E-state index contributed by atoms with van der Waals surface area (Å²) < 4.78 is 35.7. The van der Waals surface area contributed by atoms with E-state index in [1.807, 2.05) is 6.92 Å². The van der Waals surface area contributed by atoms with Crippen molar-refractivity contribution in [1.82, 2.24) is 8.97 Å². The maximum atomic E-state index is 13.6. The number of fused-ring (bicyclic) bond motifs is 1. The van der Waals surface area contributed by atoms with E-state index in [1.54, 1.807) is 36.5 Å². The normalized spacial score (nSPS) is 10.4. The number of benzene rings is 1. The zero-order valence-corrected chi connectivity index (χ0v) is 12.3. The Kier molecular flexibility index (Phi) is 4.92. The van der Waals surface area contributed by atoms with E-state index in [1.165, 1.54) is 8.97 Å². The highest BCUT2D eigenvalue weighted by atomic mass is 35.5. The monoisotopic (exact) mass is 328 g/mol. The first-order valence-electron chi connectivity index (χ1n) is 6.26. The number of aromatic nitrogens is 2. The molecule has 3 aromatic rings. The molecule has 0 aliphatic rings. The summed E-state index contributed by atoms with van der Waals surface area (Å²) >= 11 is 5.98. The Morgan fingerprint density at radius 3 is 2.50 bits per heavy atom. The average molecular weight is 329 g/mol. The molecule has 0 amide bonds. The molecular formula is C15H12ClF3N2O. The maximum absolute atomic E-state index is 13.6. The van der Waals surface area contributed by atoms with Crippen molar-refractivity contribution in [2.45, 2.75) is 6.92 Å². The lowest BCUT2D eigenvalue weighted by atomic mass is 10.2. The van der Waals surface area contributed by atoms with Crippen LogP contribution in [0.2, 0.25) is 5.02 Å². The van der Waals surface area contributed by atoms with Crippen LogP contribution in [0.1, 0.15) is 5.56 Å². The number of hydrogen-bond acceptors (Lipinski definition) is 1. The zero-order chi connectivity index (χ0) is 16.3. The van der Waals surface area contributed by atoms with Crippen molar-refractivity contribution in [3.63, 3.8) is 0 Å². The summed E-state index contributed by atoms with van der Waals surface area (Å²) in [6.07, 6.45) is 1.57. The Hall–Kier alpha value is -2.21. The highest BCUT2D eigenvalue weighted by molar-refractivity contribution is 6.31. The molecule has 0 aliphatic carbocycles. The number of halogens is 4. The maximum Gasteiger partial charge on any atom is 0.261 e. The van der Waals surface area contributed by atoms with Gasteiger partial charge in [0.25, 0.3) is 5.56 Å².